The normalized spacial score (nSPS) is 11.6. The molecule has 0 fully saturated rings. The van der Waals surface area contributed by atoms with Gasteiger partial charge in [-0.1, -0.05) is 19.1 Å². The van der Waals surface area contributed by atoms with Crippen LogP contribution in [0.3, 0.4) is 0 Å². The van der Waals surface area contributed by atoms with E-state index in [4.69, 9.17) is 4.74 Å². The number of hydrogen-bond donors (Lipinski definition) is 1. The first-order valence-electron chi connectivity index (χ1n) is 7.21. The molecule has 2 rings (SSSR count). The van der Waals surface area contributed by atoms with Gasteiger partial charge in [-0.2, -0.15) is 0 Å². The van der Waals surface area contributed by atoms with Gasteiger partial charge in [0.1, 0.15) is 16.6 Å². The highest BCUT2D eigenvalue weighted by Crippen LogP contribution is 2.22. The number of nitrogens with one attached hydrogen (secondary N) is 1. The molecule has 4 nitrogen and oxygen atoms in total. The highest BCUT2D eigenvalue weighted by molar-refractivity contribution is 7.91. The lowest BCUT2D eigenvalue weighted by Crippen LogP contribution is -2.27. The number of ether oxygens (including phenoxy) is 1. The van der Waals surface area contributed by atoms with Crippen molar-refractivity contribution in [2.45, 2.75) is 31.4 Å². The van der Waals surface area contributed by atoms with Gasteiger partial charge in [0.2, 0.25) is 10.0 Å². The number of sulfonamides is 1. The maximum Gasteiger partial charge on any atom is 0.250 e. The quantitative estimate of drug-likeness (QED) is 0.788. The molecule has 22 heavy (non-hydrogen) atoms. The van der Waals surface area contributed by atoms with Gasteiger partial charge in [-0.15, -0.1) is 11.3 Å². The Morgan fingerprint density at radius 2 is 1.95 bits per heavy atom. The molecule has 0 amide bonds. The zero-order valence-corrected chi connectivity index (χ0v) is 14.7. The zero-order valence-electron chi connectivity index (χ0n) is 13.0. The van der Waals surface area contributed by atoms with Crippen LogP contribution in [-0.4, -0.2) is 21.6 Å². The lowest BCUT2D eigenvalue weighted by atomic mass is 10.1. The molecule has 6 heteroatoms. The van der Waals surface area contributed by atoms with Crippen LogP contribution in [0.4, 0.5) is 0 Å². The van der Waals surface area contributed by atoms with Crippen molar-refractivity contribution in [2.24, 2.45) is 0 Å². The lowest BCUT2D eigenvalue weighted by Gasteiger charge is -2.11. The molecule has 0 bridgehead atoms. The van der Waals surface area contributed by atoms with Crippen molar-refractivity contribution in [2.75, 3.05) is 13.2 Å². The van der Waals surface area contributed by atoms with Crippen molar-refractivity contribution >= 4 is 21.4 Å². The molecule has 0 atom stereocenters. The number of thiophene rings is 1. The van der Waals surface area contributed by atoms with Gasteiger partial charge in [0.05, 0.1) is 0 Å². The molecule has 0 saturated heterocycles. The van der Waals surface area contributed by atoms with Gasteiger partial charge in [-0.05, 0) is 49.6 Å². The van der Waals surface area contributed by atoms with Crippen molar-refractivity contribution in [3.8, 4) is 5.75 Å². The van der Waals surface area contributed by atoms with Crippen LogP contribution in [0.5, 0.6) is 5.75 Å². The predicted octanol–water partition coefficient (Wildman–Crippen LogP) is 3.28. The first-order chi connectivity index (χ1) is 10.4. The Kier molecular flexibility index (Phi) is 5.61. The van der Waals surface area contributed by atoms with E-state index in [9.17, 15) is 8.42 Å². The van der Waals surface area contributed by atoms with E-state index in [0.29, 0.717) is 10.8 Å². The van der Waals surface area contributed by atoms with E-state index in [1.165, 1.54) is 11.3 Å². The lowest BCUT2D eigenvalue weighted by molar-refractivity contribution is 0.320. The van der Waals surface area contributed by atoms with Gasteiger partial charge in [-0.3, -0.25) is 0 Å². The second-order valence-electron chi connectivity index (χ2n) is 5.02. The Morgan fingerprint density at radius 1 is 1.18 bits per heavy atom. The molecular weight excluding hydrogens is 318 g/mol. The smallest absolute Gasteiger partial charge is 0.250 e. The minimum absolute atomic E-state index is 0.245. The summed E-state index contributed by atoms with van der Waals surface area (Å²) in [5.74, 6) is 0.795. The van der Waals surface area contributed by atoms with Crippen molar-refractivity contribution in [3.05, 3.63) is 46.3 Å². The highest BCUT2D eigenvalue weighted by Gasteiger charge is 2.15. The molecule has 0 aliphatic heterocycles. The molecule has 0 spiro atoms. The third-order valence-corrected chi connectivity index (χ3v) is 6.64. The number of hydrogen-bond acceptors (Lipinski definition) is 4. The first-order valence-corrected chi connectivity index (χ1v) is 9.51. The fraction of sp³-hybridized carbons (Fsp3) is 0.375. The maximum absolute atomic E-state index is 12.1. The molecule has 0 aliphatic carbocycles. The van der Waals surface area contributed by atoms with Gasteiger partial charge in [0, 0.05) is 11.4 Å². The Morgan fingerprint density at radius 3 is 2.64 bits per heavy atom. The molecule has 1 aromatic carbocycles. The molecule has 0 aliphatic rings. The molecule has 0 saturated carbocycles. The van der Waals surface area contributed by atoms with Crippen LogP contribution in [0, 0.1) is 13.8 Å². The monoisotopic (exact) mass is 339 g/mol. The largest absolute Gasteiger partial charge is 0.492 e. The first kappa shape index (κ1) is 17.0. The summed E-state index contributed by atoms with van der Waals surface area (Å²) >= 11 is 1.31. The van der Waals surface area contributed by atoms with Gasteiger partial charge in [0.15, 0.2) is 0 Å². The zero-order chi connectivity index (χ0) is 16.2. The average Bonchev–Trinajstić information content (AvgIpc) is 2.97. The number of aryl methyl sites for hydroxylation is 2. The second kappa shape index (κ2) is 7.26. The Balaban J connectivity index is 1.89. The standard InChI is InChI=1S/C16H21NO3S2/c1-4-14-8-9-16(21-14)22(18,19)17-10-11-20-15-7-5-6-12(2)13(15)3/h5-9,17H,4,10-11H2,1-3H3. The van der Waals surface area contributed by atoms with Crippen molar-refractivity contribution < 1.29 is 13.2 Å². The minimum Gasteiger partial charge on any atom is -0.492 e. The minimum atomic E-state index is -3.43. The van der Waals surface area contributed by atoms with E-state index in [0.717, 1.165) is 28.2 Å². The van der Waals surface area contributed by atoms with E-state index in [1.54, 1.807) is 6.07 Å². The summed E-state index contributed by atoms with van der Waals surface area (Å²) < 4.78 is 32.9. The topological polar surface area (TPSA) is 55.4 Å². The molecular formula is C16H21NO3S2. The third kappa shape index (κ3) is 4.09. The number of benzene rings is 1. The molecule has 0 radical (unpaired) electrons. The van der Waals surface area contributed by atoms with Gasteiger partial charge >= 0.3 is 0 Å². The summed E-state index contributed by atoms with van der Waals surface area (Å²) in [6.07, 6.45) is 0.843. The van der Waals surface area contributed by atoms with Gasteiger partial charge in [-0.25, -0.2) is 13.1 Å². The predicted molar refractivity (Wildman–Crippen MR) is 90.3 cm³/mol. The van der Waals surface area contributed by atoms with Crippen molar-refractivity contribution in [1.29, 1.82) is 0 Å². The number of rotatable bonds is 7. The van der Waals surface area contributed by atoms with Crippen LogP contribution < -0.4 is 9.46 Å². The van der Waals surface area contributed by atoms with Gasteiger partial charge in [0.25, 0.3) is 0 Å². The second-order valence-corrected chi connectivity index (χ2v) is 8.18. The maximum atomic E-state index is 12.1. The molecule has 1 N–H and O–H groups in total. The van der Waals surface area contributed by atoms with E-state index >= 15 is 0 Å². The Bertz CT molecular complexity index is 736. The summed E-state index contributed by atoms with van der Waals surface area (Å²) in [5, 5.41) is 0. The molecule has 2 aromatic rings. The summed E-state index contributed by atoms with van der Waals surface area (Å²) in [6, 6.07) is 9.35. The van der Waals surface area contributed by atoms with Crippen LogP contribution in [0.1, 0.15) is 22.9 Å². The van der Waals surface area contributed by atoms with E-state index in [2.05, 4.69) is 4.72 Å². The SMILES string of the molecule is CCc1ccc(S(=O)(=O)NCCOc2cccc(C)c2C)s1. The Hall–Kier alpha value is -1.37. The van der Waals surface area contributed by atoms with Crippen molar-refractivity contribution in [1.82, 2.24) is 4.72 Å². The fourth-order valence-corrected chi connectivity index (χ4v) is 4.33. The van der Waals surface area contributed by atoms with Crippen LogP contribution in [0.2, 0.25) is 0 Å². The third-order valence-electron chi connectivity index (χ3n) is 3.46. The summed E-state index contributed by atoms with van der Waals surface area (Å²) in [5.41, 5.74) is 2.24. The summed E-state index contributed by atoms with van der Waals surface area (Å²) in [6.45, 7) is 6.57. The van der Waals surface area contributed by atoms with Crippen LogP contribution >= 0.6 is 11.3 Å². The van der Waals surface area contributed by atoms with Gasteiger partial charge < -0.3 is 4.74 Å². The van der Waals surface area contributed by atoms with E-state index in [1.807, 2.05) is 45.0 Å². The summed E-state index contributed by atoms with van der Waals surface area (Å²) in [4.78, 5) is 1.06. The molecule has 0 unspecified atom stereocenters. The Labute approximate surface area is 136 Å². The van der Waals surface area contributed by atoms with E-state index < -0.39 is 10.0 Å². The highest BCUT2D eigenvalue weighted by atomic mass is 32.2. The van der Waals surface area contributed by atoms with Crippen LogP contribution in [0.25, 0.3) is 0 Å². The van der Waals surface area contributed by atoms with E-state index in [-0.39, 0.29) is 6.54 Å². The fourth-order valence-electron chi connectivity index (χ4n) is 1.98. The summed E-state index contributed by atoms with van der Waals surface area (Å²) in [7, 11) is -3.43. The molecule has 120 valence electrons. The average molecular weight is 339 g/mol. The molecule has 1 aromatic heterocycles. The molecule has 1 heterocycles. The van der Waals surface area contributed by atoms with Crippen molar-refractivity contribution in [3.63, 3.8) is 0 Å². The van der Waals surface area contributed by atoms with Crippen LogP contribution in [-0.2, 0) is 16.4 Å². The van der Waals surface area contributed by atoms with Crippen LogP contribution in [0.15, 0.2) is 34.5 Å².